The Kier molecular flexibility index (Phi) is 5.60. The number of para-hydroxylation sites is 1. The fraction of sp³-hybridized carbons (Fsp3) is 0. The van der Waals surface area contributed by atoms with Gasteiger partial charge < -0.3 is 4.57 Å². The Morgan fingerprint density at radius 2 is 1.13 bits per heavy atom. The summed E-state index contributed by atoms with van der Waals surface area (Å²) in [4.78, 5) is 10.1. The van der Waals surface area contributed by atoms with Crippen LogP contribution in [0.5, 0.6) is 0 Å². The van der Waals surface area contributed by atoms with Crippen LogP contribution >= 0.6 is 0 Å². The van der Waals surface area contributed by atoms with Crippen molar-refractivity contribution in [3.8, 4) is 39.6 Å². The maximum absolute atomic E-state index is 5.04. The molecule has 3 nitrogen and oxygen atoms in total. The van der Waals surface area contributed by atoms with Crippen LogP contribution in [0.2, 0.25) is 0 Å². The van der Waals surface area contributed by atoms with Crippen LogP contribution in [0.15, 0.2) is 140 Å². The molecule has 0 aliphatic carbocycles. The lowest BCUT2D eigenvalue weighted by atomic mass is 10.1. The first-order valence-electron chi connectivity index (χ1n) is 13.0. The molecule has 0 radical (unpaired) electrons. The second kappa shape index (κ2) is 9.55. The molecule has 0 unspecified atom stereocenters. The minimum atomic E-state index is 0.699. The van der Waals surface area contributed by atoms with Gasteiger partial charge in [-0.05, 0) is 35.9 Å². The van der Waals surface area contributed by atoms with Crippen molar-refractivity contribution in [3.63, 3.8) is 0 Å². The predicted molar refractivity (Wildman–Crippen MR) is 163 cm³/mol. The van der Waals surface area contributed by atoms with Crippen molar-refractivity contribution in [1.29, 1.82) is 0 Å². The maximum Gasteiger partial charge on any atom is 0.160 e. The molecular weight excluding hydrogens is 474 g/mol. The van der Waals surface area contributed by atoms with Gasteiger partial charge in [0.2, 0.25) is 0 Å². The third kappa shape index (κ3) is 4.11. The molecule has 0 N–H and O–H groups in total. The fourth-order valence-corrected chi connectivity index (χ4v) is 5.27. The Morgan fingerprint density at radius 3 is 1.82 bits per heavy atom. The van der Waals surface area contributed by atoms with Crippen LogP contribution in [-0.4, -0.2) is 14.5 Å². The van der Waals surface area contributed by atoms with Gasteiger partial charge in [0, 0.05) is 33.2 Å². The summed E-state index contributed by atoms with van der Waals surface area (Å²) in [6.45, 7) is 3.99. The van der Waals surface area contributed by atoms with Gasteiger partial charge in [-0.25, -0.2) is 9.97 Å². The molecule has 0 saturated carbocycles. The number of fused-ring (bicyclic) bond motifs is 3. The molecule has 5 aromatic carbocycles. The first kappa shape index (κ1) is 22.9. The summed E-state index contributed by atoms with van der Waals surface area (Å²) >= 11 is 0. The Hall–Kier alpha value is -5.28. The smallest absolute Gasteiger partial charge is 0.160 e. The van der Waals surface area contributed by atoms with E-state index < -0.39 is 0 Å². The topological polar surface area (TPSA) is 30.7 Å². The molecule has 0 fully saturated rings. The third-order valence-corrected chi connectivity index (χ3v) is 7.16. The lowest BCUT2D eigenvalue weighted by Gasteiger charge is -2.12. The molecule has 2 aromatic heterocycles. The quantitative estimate of drug-likeness (QED) is 0.236. The largest absolute Gasteiger partial charge is 0.309 e. The van der Waals surface area contributed by atoms with Gasteiger partial charge in [-0.3, -0.25) is 0 Å². The van der Waals surface area contributed by atoms with E-state index in [1.165, 1.54) is 10.8 Å². The number of nitrogens with zero attached hydrogens (tertiary/aromatic N) is 3. The molecule has 0 bridgehead atoms. The van der Waals surface area contributed by atoms with E-state index in [0.29, 0.717) is 5.82 Å². The molecule has 39 heavy (non-hydrogen) atoms. The summed E-state index contributed by atoms with van der Waals surface area (Å²) in [5, 5.41) is 2.44. The Bertz CT molecular complexity index is 1910. The average Bonchev–Trinajstić information content (AvgIpc) is 3.35. The van der Waals surface area contributed by atoms with E-state index in [9.17, 15) is 0 Å². The van der Waals surface area contributed by atoms with Crippen LogP contribution in [0, 0.1) is 0 Å². The van der Waals surface area contributed by atoms with Crippen molar-refractivity contribution in [1.82, 2.24) is 14.5 Å². The van der Waals surface area contributed by atoms with Crippen LogP contribution in [0.4, 0.5) is 0 Å². The minimum absolute atomic E-state index is 0.699. The molecule has 0 aliphatic heterocycles. The zero-order valence-corrected chi connectivity index (χ0v) is 21.3. The number of benzene rings is 5. The molecule has 0 spiro atoms. The maximum atomic E-state index is 5.04. The van der Waals surface area contributed by atoms with Gasteiger partial charge in [0.05, 0.1) is 22.4 Å². The Morgan fingerprint density at radius 1 is 0.513 bits per heavy atom. The van der Waals surface area contributed by atoms with Gasteiger partial charge >= 0.3 is 0 Å². The van der Waals surface area contributed by atoms with Crippen molar-refractivity contribution < 1.29 is 0 Å². The Balaban J connectivity index is 1.44. The summed E-state index contributed by atoms with van der Waals surface area (Å²) in [5.41, 5.74) is 9.36. The third-order valence-electron chi connectivity index (χ3n) is 7.16. The van der Waals surface area contributed by atoms with Crippen molar-refractivity contribution in [2.24, 2.45) is 0 Å². The van der Waals surface area contributed by atoms with Gasteiger partial charge in [0.25, 0.3) is 0 Å². The molecule has 7 rings (SSSR count). The summed E-state index contributed by atoms with van der Waals surface area (Å²) < 4.78 is 2.32. The second-order valence-corrected chi connectivity index (χ2v) is 9.58. The second-order valence-electron chi connectivity index (χ2n) is 9.58. The van der Waals surface area contributed by atoms with E-state index in [0.717, 1.165) is 50.4 Å². The number of hydrogen-bond acceptors (Lipinski definition) is 2. The first-order chi connectivity index (χ1) is 19.3. The van der Waals surface area contributed by atoms with E-state index >= 15 is 0 Å². The van der Waals surface area contributed by atoms with Gasteiger partial charge in [0.15, 0.2) is 5.82 Å². The van der Waals surface area contributed by atoms with Crippen LogP contribution in [0.25, 0.3) is 67.5 Å². The van der Waals surface area contributed by atoms with E-state index in [2.05, 4.69) is 108 Å². The highest BCUT2D eigenvalue weighted by atomic mass is 15.0. The van der Waals surface area contributed by atoms with Crippen molar-refractivity contribution in [2.75, 3.05) is 0 Å². The van der Waals surface area contributed by atoms with E-state index in [4.69, 9.17) is 9.97 Å². The summed E-state index contributed by atoms with van der Waals surface area (Å²) in [6.07, 6.45) is 1.89. The molecule has 0 aliphatic rings. The predicted octanol–water partition coefficient (Wildman–Crippen LogP) is 9.22. The van der Waals surface area contributed by atoms with Crippen molar-refractivity contribution >= 4 is 27.9 Å². The van der Waals surface area contributed by atoms with Gasteiger partial charge in [0.1, 0.15) is 0 Å². The van der Waals surface area contributed by atoms with Crippen molar-refractivity contribution in [2.45, 2.75) is 0 Å². The molecule has 0 saturated heterocycles. The lowest BCUT2D eigenvalue weighted by molar-refractivity contribution is 1.16. The normalized spacial score (nSPS) is 11.2. The lowest BCUT2D eigenvalue weighted by Crippen LogP contribution is -1.98. The first-order valence-corrected chi connectivity index (χ1v) is 13.0. The highest BCUT2D eigenvalue weighted by Crippen LogP contribution is 2.34. The molecular formula is C36H25N3. The van der Waals surface area contributed by atoms with Gasteiger partial charge in [-0.15, -0.1) is 0 Å². The van der Waals surface area contributed by atoms with Crippen LogP contribution < -0.4 is 0 Å². The minimum Gasteiger partial charge on any atom is -0.309 e. The standard InChI is InChI=1S/C36H25N3/c1-2-25-20-21-31-30-18-9-10-19-34(30)39(35(31)22-25)29-17-11-16-28(23-29)36-37-32(26-12-5-3-6-13-26)24-33(38-36)27-14-7-4-8-15-27/h2-24H,1H2. The molecule has 7 aromatic rings. The van der Waals surface area contributed by atoms with Crippen LogP contribution in [-0.2, 0) is 0 Å². The van der Waals surface area contributed by atoms with Gasteiger partial charge in [-0.2, -0.15) is 0 Å². The van der Waals surface area contributed by atoms with Gasteiger partial charge in [-0.1, -0.05) is 116 Å². The summed E-state index contributed by atoms with van der Waals surface area (Å²) in [7, 11) is 0. The van der Waals surface area contributed by atoms with Crippen molar-refractivity contribution in [3.05, 3.63) is 146 Å². The highest BCUT2D eigenvalue weighted by molar-refractivity contribution is 6.09. The summed E-state index contributed by atoms with van der Waals surface area (Å²) in [5.74, 6) is 0.699. The van der Waals surface area contributed by atoms with Crippen LogP contribution in [0.3, 0.4) is 0 Å². The highest BCUT2D eigenvalue weighted by Gasteiger charge is 2.15. The van der Waals surface area contributed by atoms with E-state index in [1.54, 1.807) is 0 Å². The number of rotatable bonds is 5. The number of hydrogen-bond donors (Lipinski definition) is 0. The Labute approximate surface area is 227 Å². The molecule has 0 atom stereocenters. The fourth-order valence-electron chi connectivity index (χ4n) is 5.27. The number of aromatic nitrogens is 3. The SMILES string of the molecule is C=Cc1ccc2c3ccccc3n(-c3cccc(-c4nc(-c5ccccc5)cc(-c5ccccc5)n4)c3)c2c1. The molecule has 0 amide bonds. The zero-order valence-electron chi connectivity index (χ0n) is 21.3. The van der Waals surface area contributed by atoms with Crippen LogP contribution in [0.1, 0.15) is 5.56 Å². The molecule has 2 heterocycles. The van der Waals surface area contributed by atoms with E-state index in [1.807, 2.05) is 42.5 Å². The monoisotopic (exact) mass is 499 g/mol. The molecule has 3 heteroatoms. The van der Waals surface area contributed by atoms with E-state index in [-0.39, 0.29) is 0 Å². The average molecular weight is 500 g/mol. The molecule has 184 valence electrons. The summed E-state index contributed by atoms with van der Waals surface area (Å²) in [6, 6.07) is 46.2. The zero-order chi connectivity index (χ0) is 26.2.